The average molecular weight is 339 g/mol. The molecule has 0 N–H and O–H groups in total. The van der Waals surface area contributed by atoms with E-state index in [4.69, 9.17) is 0 Å². The van der Waals surface area contributed by atoms with E-state index < -0.39 is 0 Å². The molecule has 1 aromatic rings. The number of halogens is 2. The Hall–Kier alpha value is 0.620. The summed E-state index contributed by atoms with van der Waals surface area (Å²) in [6.45, 7) is 2.37. The number of likely N-dealkylation sites (tertiary alicyclic amines) is 1. The first-order valence-electron chi connectivity index (χ1n) is 4.82. The lowest BCUT2D eigenvalue weighted by atomic mass is 10.2. The molecule has 0 aliphatic carbocycles. The van der Waals surface area contributed by atoms with Gasteiger partial charge in [-0.15, -0.1) is 11.3 Å². The second kappa shape index (κ2) is 5.10. The molecular weight excluding hydrogens is 326 g/mol. The minimum absolute atomic E-state index is 0.746. The van der Waals surface area contributed by atoms with Gasteiger partial charge in [-0.25, -0.2) is 0 Å². The monoisotopic (exact) mass is 337 g/mol. The highest BCUT2D eigenvalue weighted by molar-refractivity contribution is 9.10. The van der Waals surface area contributed by atoms with Crippen LogP contribution in [0.25, 0.3) is 0 Å². The molecule has 78 valence electrons. The minimum Gasteiger partial charge on any atom is -0.294 e. The quantitative estimate of drug-likeness (QED) is 0.756. The van der Waals surface area contributed by atoms with Gasteiger partial charge in [0.15, 0.2) is 0 Å². The highest BCUT2D eigenvalue weighted by Gasteiger charge is 2.23. The Bertz CT molecular complexity index is 300. The Kier molecular flexibility index (Phi) is 4.05. The molecule has 4 heteroatoms. The number of rotatable bonds is 3. The van der Waals surface area contributed by atoms with Crippen molar-refractivity contribution in [3.63, 3.8) is 0 Å². The van der Waals surface area contributed by atoms with Crippen molar-refractivity contribution in [2.75, 3.05) is 11.9 Å². The van der Waals surface area contributed by atoms with Crippen LogP contribution in [0.15, 0.2) is 15.9 Å². The van der Waals surface area contributed by atoms with Gasteiger partial charge in [-0.2, -0.15) is 0 Å². The van der Waals surface area contributed by atoms with Gasteiger partial charge < -0.3 is 0 Å². The fourth-order valence-electron chi connectivity index (χ4n) is 1.91. The normalized spacial score (nSPS) is 23.1. The van der Waals surface area contributed by atoms with Crippen molar-refractivity contribution in [3.05, 3.63) is 20.8 Å². The van der Waals surface area contributed by atoms with E-state index in [0.29, 0.717) is 0 Å². The molecule has 0 saturated carbocycles. The maximum atomic E-state index is 3.59. The van der Waals surface area contributed by atoms with Crippen molar-refractivity contribution in [3.8, 4) is 0 Å². The van der Waals surface area contributed by atoms with Crippen molar-refractivity contribution < 1.29 is 0 Å². The van der Waals surface area contributed by atoms with E-state index in [1.807, 2.05) is 11.3 Å². The summed E-state index contributed by atoms with van der Waals surface area (Å²) in [5.74, 6) is 0. The highest BCUT2D eigenvalue weighted by Crippen LogP contribution is 2.25. The van der Waals surface area contributed by atoms with Gasteiger partial charge in [0.25, 0.3) is 0 Å². The van der Waals surface area contributed by atoms with E-state index in [9.17, 15) is 0 Å². The van der Waals surface area contributed by atoms with Crippen molar-refractivity contribution in [1.82, 2.24) is 4.90 Å². The largest absolute Gasteiger partial charge is 0.294 e. The second-order valence-corrected chi connectivity index (χ2v) is 6.21. The van der Waals surface area contributed by atoms with Gasteiger partial charge in [0.2, 0.25) is 0 Å². The minimum atomic E-state index is 0.746. The Morgan fingerprint density at radius 2 is 2.43 bits per heavy atom. The van der Waals surface area contributed by atoms with E-state index >= 15 is 0 Å². The predicted molar refractivity (Wildman–Crippen MR) is 69.2 cm³/mol. The zero-order chi connectivity index (χ0) is 9.97. The molecule has 0 spiro atoms. The first-order chi connectivity index (χ1) is 6.79. The van der Waals surface area contributed by atoms with Crippen LogP contribution >= 0.6 is 43.2 Å². The van der Waals surface area contributed by atoms with Crippen molar-refractivity contribution in [2.24, 2.45) is 0 Å². The Labute approximate surface area is 106 Å². The number of thiophene rings is 1. The maximum absolute atomic E-state index is 3.59. The van der Waals surface area contributed by atoms with Gasteiger partial charge >= 0.3 is 0 Å². The number of hydrogen-bond acceptors (Lipinski definition) is 2. The van der Waals surface area contributed by atoms with Crippen LogP contribution in [0.3, 0.4) is 0 Å². The third-order valence-corrected chi connectivity index (χ3v) is 5.09. The molecule has 1 aromatic heterocycles. The van der Waals surface area contributed by atoms with Gasteiger partial charge in [0.05, 0.1) is 0 Å². The summed E-state index contributed by atoms with van der Waals surface area (Å²) >= 11 is 8.93. The SMILES string of the molecule is BrCC1CCCN1Cc1cc(Br)cs1. The molecule has 0 bridgehead atoms. The van der Waals surface area contributed by atoms with Crippen LogP contribution in [0.1, 0.15) is 17.7 Å². The molecule has 1 nitrogen and oxygen atoms in total. The van der Waals surface area contributed by atoms with E-state index in [1.54, 1.807) is 0 Å². The molecule has 14 heavy (non-hydrogen) atoms. The molecule has 2 heterocycles. The number of alkyl halides is 1. The highest BCUT2D eigenvalue weighted by atomic mass is 79.9. The van der Waals surface area contributed by atoms with Crippen molar-refractivity contribution in [2.45, 2.75) is 25.4 Å². The van der Waals surface area contributed by atoms with Gasteiger partial charge in [-0.05, 0) is 41.4 Å². The molecule has 0 aromatic carbocycles. The summed E-state index contributed by atoms with van der Waals surface area (Å²) < 4.78 is 1.21. The molecular formula is C10H13Br2NS. The third kappa shape index (κ3) is 2.60. The van der Waals surface area contributed by atoms with E-state index in [2.05, 4.69) is 48.2 Å². The molecule has 1 aliphatic rings. The fourth-order valence-corrected chi connectivity index (χ4v) is 4.12. The summed E-state index contributed by atoms with van der Waals surface area (Å²) in [7, 11) is 0. The first kappa shape index (κ1) is 11.1. The lowest BCUT2D eigenvalue weighted by molar-refractivity contribution is 0.267. The Balaban J connectivity index is 1.96. The van der Waals surface area contributed by atoms with Gasteiger partial charge in [0.1, 0.15) is 0 Å². The molecule has 1 unspecified atom stereocenters. The third-order valence-electron chi connectivity index (χ3n) is 2.66. The molecule has 2 rings (SSSR count). The Morgan fingerprint density at radius 1 is 1.57 bits per heavy atom. The molecule has 0 amide bonds. The van der Waals surface area contributed by atoms with Crippen molar-refractivity contribution in [1.29, 1.82) is 0 Å². The predicted octanol–water partition coefficient (Wildman–Crippen LogP) is 3.87. The van der Waals surface area contributed by atoms with Crippen LogP contribution in [0, 0.1) is 0 Å². The number of nitrogens with zero attached hydrogens (tertiary/aromatic N) is 1. The van der Waals surface area contributed by atoms with Crippen LogP contribution in [-0.2, 0) is 6.54 Å². The molecule has 1 aliphatic heterocycles. The summed E-state index contributed by atoms with van der Waals surface area (Å²) in [6, 6.07) is 2.98. The fraction of sp³-hybridized carbons (Fsp3) is 0.600. The van der Waals surface area contributed by atoms with Gasteiger partial charge in [0, 0.05) is 32.6 Å². The van der Waals surface area contributed by atoms with Gasteiger partial charge in [-0.1, -0.05) is 15.9 Å². The summed E-state index contributed by atoms with van der Waals surface area (Å²) in [5.41, 5.74) is 0. The van der Waals surface area contributed by atoms with Gasteiger partial charge in [-0.3, -0.25) is 4.90 Å². The molecule has 1 atom stereocenters. The Morgan fingerprint density at radius 3 is 3.07 bits per heavy atom. The van der Waals surface area contributed by atoms with Crippen LogP contribution in [0.4, 0.5) is 0 Å². The molecule has 1 fully saturated rings. The van der Waals surface area contributed by atoms with Crippen LogP contribution in [-0.4, -0.2) is 22.8 Å². The van der Waals surface area contributed by atoms with E-state index in [-0.39, 0.29) is 0 Å². The van der Waals surface area contributed by atoms with Crippen LogP contribution < -0.4 is 0 Å². The van der Waals surface area contributed by atoms with Crippen LogP contribution in [0.2, 0.25) is 0 Å². The van der Waals surface area contributed by atoms with Crippen LogP contribution in [0.5, 0.6) is 0 Å². The second-order valence-electron chi connectivity index (χ2n) is 3.65. The van der Waals surface area contributed by atoms with E-state index in [0.717, 1.165) is 17.9 Å². The summed E-state index contributed by atoms with van der Waals surface area (Å²) in [6.07, 6.45) is 2.70. The smallest absolute Gasteiger partial charge is 0.0331 e. The maximum Gasteiger partial charge on any atom is 0.0331 e. The topological polar surface area (TPSA) is 3.24 Å². The number of hydrogen-bond donors (Lipinski definition) is 0. The zero-order valence-corrected chi connectivity index (χ0v) is 11.9. The van der Waals surface area contributed by atoms with Crippen molar-refractivity contribution >= 4 is 43.2 Å². The van der Waals surface area contributed by atoms with E-state index in [1.165, 1.54) is 28.7 Å². The summed E-state index contributed by atoms with van der Waals surface area (Å²) in [4.78, 5) is 4.04. The standard InChI is InChI=1S/C10H13Br2NS/c11-5-9-2-1-3-13(9)6-10-4-8(12)7-14-10/h4,7,9H,1-3,5-6H2. The lowest BCUT2D eigenvalue weighted by Crippen LogP contribution is -2.29. The first-order valence-corrected chi connectivity index (χ1v) is 7.62. The molecule has 1 saturated heterocycles. The summed E-state index contributed by atoms with van der Waals surface area (Å²) in [5, 5.41) is 3.27. The average Bonchev–Trinajstić information content (AvgIpc) is 2.76. The molecule has 0 radical (unpaired) electrons. The zero-order valence-electron chi connectivity index (χ0n) is 7.88. The lowest BCUT2D eigenvalue weighted by Gasteiger charge is -2.21.